The van der Waals surface area contributed by atoms with Gasteiger partial charge in [-0.3, -0.25) is 9.69 Å². The Morgan fingerprint density at radius 2 is 1.65 bits per heavy atom. The van der Waals surface area contributed by atoms with E-state index in [9.17, 15) is 18.0 Å². The molecule has 0 saturated heterocycles. The summed E-state index contributed by atoms with van der Waals surface area (Å²) < 4.78 is 50.3. The molecule has 0 aliphatic carbocycles. The first-order chi connectivity index (χ1) is 16.4. The Balaban J connectivity index is 1.37. The number of hydrogen-bond acceptors (Lipinski definition) is 4. The van der Waals surface area contributed by atoms with Gasteiger partial charge in [0.15, 0.2) is 0 Å². The van der Waals surface area contributed by atoms with Crippen LogP contribution in [0.2, 0.25) is 0 Å². The number of carbonyl (C=O) groups is 1. The van der Waals surface area contributed by atoms with E-state index >= 15 is 0 Å². The monoisotopic (exact) mass is 469 g/mol. The van der Waals surface area contributed by atoms with E-state index in [0.29, 0.717) is 50.6 Å². The van der Waals surface area contributed by atoms with Crippen molar-refractivity contribution in [1.82, 2.24) is 4.90 Å². The van der Waals surface area contributed by atoms with Gasteiger partial charge in [0.25, 0.3) is 0 Å². The summed E-state index contributed by atoms with van der Waals surface area (Å²) in [6.45, 7) is 2.43. The molecule has 0 unspecified atom stereocenters. The molecule has 0 spiro atoms. The van der Waals surface area contributed by atoms with Gasteiger partial charge in [-0.05, 0) is 46.9 Å². The van der Waals surface area contributed by atoms with Gasteiger partial charge in [0.05, 0.1) is 18.6 Å². The van der Waals surface area contributed by atoms with E-state index in [0.717, 1.165) is 22.8 Å². The third kappa shape index (κ3) is 6.60. The lowest BCUT2D eigenvalue weighted by Crippen LogP contribution is -2.25. The van der Waals surface area contributed by atoms with E-state index in [-0.39, 0.29) is 12.4 Å². The summed E-state index contributed by atoms with van der Waals surface area (Å²) in [7, 11) is 0. The fraction of sp³-hybridized carbons (Fsp3) is 0.296. The lowest BCUT2D eigenvalue weighted by molar-refractivity contribution is -0.145. The molecule has 0 aromatic heterocycles. The minimum absolute atomic E-state index is 0.240. The van der Waals surface area contributed by atoms with E-state index in [2.05, 4.69) is 4.90 Å². The molecule has 0 fully saturated rings. The molecule has 3 aromatic carbocycles. The predicted octanol–water partition coefficient (Wildman–Crippen LogP) is 5.78. The molecule has 1 aliphatic heterocycles. The van der Waals surface area contributed by atoms with Gasteiger partial charge in [-0.1, -0.05) is 54.6 Å². The zero-order valence-corrected chi connectivity index (χ0v) is 18.7. The Labute approximate surface area is 196 Å². The Morgan fingerprint density at radius 3 is 2.44 bits per heavy atom. The molecule has 1 heterocycles. The predicted molar refractivity (Wildman–Crippen MR) is 122 cm³/mol. The third-order valence-electron chi connectivity index (χ3n) is 5.70. The fourth-order valence-electron chi connectivity index (χ4n) is 4.00. The number of esters is 1. The first kappa shape index (κ1) is 23.8. The Hall–Kier alpha value is -3.32. The highest BCUT2D eigenvalue weighted by Gasteiger charge is 2.30. The molecule has 4 rings (SSSR count). The largest absolute Gasteiger partial charge is 0.494 e. The van der Waals surface area contributed by atoms with Crippen molar-refractivity contribution in [2.24, 2.45) is 0 Å². The number of carbonyl (C=O) groups excluding carboxylic acids is 1. The van der Waals surface area contributed by atoms with Crippen molar-refractivity contribution in [2.45, 2.75) is 38.7 Å². The van der Waals surface area contributed by atoms with Gasteiger partial charge in [0.1, 0.15) is 12.4 Å². The average Bonchev–Trinajstić information content (AvgIpc) is 2.82. The lowest BCUT2D eigenvalue weighted by atomic mass is 10.0. The fourth-order valence-corrected chi connectivity index (χ4v) is 4.00. The number of rotatable bonds is 9. The van der Waals surface area contributed by atoms with Crippen LogP contribution in [0.5, 0.6) is 5.75 Å². The number of hydrogen-bond donors (Lipinski definition) is 0. The molecule has 1 aliphatic rings. The molecule has 3 aromatic rings. The van der Waals surface area contributed by atoms with Crippen LogP contribution in [-0.4, -0.2) is 24.0 Å². The summed E-state index contributed by atoms with van der Waals surface area (Å²) in [5.41, 5.74) is 2.99. The lowest BCUT2D eigenvalue weighted by Gasteiger charge is -2.23. The van der Waals surface area contributed by atoms with Gasteiger partial charge < -0.3 is 9.47 Å². The summed E-state index contributed by atoms with van der Waals surface area (Å²) in [5, 5.41) is 0. The van der Waals surface area contributed by atoms with Crippen LogP contribution in [0.1, 0.15) is 34.2 Å². The maximum atomic E-state index is 13.1. The van der Waals surface area contributed by atoms with Gasteiger partial charge in [-0.15, -0.1) is 0 Å². The highest BCUT2D eigenvalue weighted by molar-refractivity contribution is 5.74. The van der Waals surface area contributed by atoms with Crippen molar-refractivity contribution in [1.29, 1.82) is 0 Å². The van der Waals surface area contributed by atoms with Crippen LogP contribution in [0.25, 0.3) is 0 Å². The summed E-state index contributed by atoms with van der Waals surface area (Å²) >= 11 is 0. The Kier molecular flexibility index (Phi) is 7.53. The summed E-state index contributed by atoms with van der Waals surface area (Å²) in [5.74, 6) is 0.455. The standard InChI is InChI=1S/C27H26F3NO3/c28-27(29,30)24-9-4-8-21(14-24)18-31(17-20-6-2-1-3-7-20)12-5-13-33-25-11-10-22-19-34-26(32)16-23(22)15-25/h1-4,6-11,14-15H,5,12-13,16-19H2. The number of cyclic esters (lactones) is 1. The number of nitrogens with zero attached hydrogens (tertiary/aromatic N) is 1. The maximum Gasteiger partial charge on any atom is 0.416 e. The van der Waals surface area contributed by atoms with Crippen LogP contribution in [-0.2, 0) is 41.8 Å². The smallest absolute Gasteiger partial charge is 0.416 e. The van der Waals surface area contributed by atoms with E-state index in [4.69, 9.17) is 9.47 Å². The van der Waals surface area contributed by atoms with E-state index < -0.39 is 11.7 Å². The van der Waals surface area contributed by atoms with Crippen molar-refractivity contribution < 1.29 is 27.4 Å². The molecule has 0 bridgehead atoms. The van der Waals surface area contributed by atoms with Crippen LogP contribution in [0.15, 0.2) is 72.8 Å². The van der Waals surface area contributed by atoms with Crippen molar-refractivity contribution in [3.8, 4) is 5.75 Å². The van der Waals surface area contributed by atoms with Crippen LogP contribution < -0.4 is 4.74 Å². The number of halogens is 3. The highest BCUT2D eigenvalue weighted by atomic mass is 19.4. The molecular weight excluding hydrogens is 443 g/mol. The SMILES string of the molecule is O=C1Cc2cc(OCCCN(Cc3ccccc3)Cc3cccc(C(F)(F)F)c3)ccc2CO1. The summed E-state index contributed by atoms with van der Waals surface area (Å²) in [4.78, 5) is 13.6. The molecule has 178 valence electrons. The topological polar surface area (TPSA) is 38.8 Å². The first-order valence-electron chi connectivity index (χ1n) is 11.2. The molecule has 0 N–H and O–H groups in total. The second kappa shape index (κ2) is 10.7. The maximum absolute atomic E-state index is 13.1. The molecule has 4 nitrogen and oxygen atoms in total. The Morgan fingerprint density at radius 1 is 0.882 bits per heavy atom. The van der Waals surface area contributed by atoms with Gasteiger partial charge in [0, 0.05) is 19.6 Å². The summed E-state index contributed by atoms with van der Waals surface area (Å²) in [6.07, 6.45) is -3.42. The van der Waals surface area contributed by atoms with Gasteiger partial charge in [-0.25, -0.2) is 0 Å². The molecule has 34 heavy (non-hydrogen) atoms. The quantitative estimate of drug-likeness (QED) is 0.294. The van der Waals surface area contributed by atoms with Gasteiger partial charge in [0.2, 0.25) is 0 Å². The van der Waals surface area contributed by atoms with Crippen molar-refractivity contribution in [2.75, 3.05) is 13.2 Å². The van der Waals surface area contributed by atoms with Crippen LogP contribution in [0.4, 0.5) is 13.2 Å². The number of ether oxygens (including phenoxy) is 2. The number of alkyl halides is 3. The van der Waals surface area contributed by atoms with Gasteiger partial charge >= 0.3 is 12.1 Å². The zero-order valence-electron chi connectivity index (χ0n) is 18.7. The number of benzene rings is 3. The molecule has 0 atom stereocenters. The normalized spacial score (nSPS) is 13.5. The minimum atomic E-state index is -4.36. The molecular formula is C27H26F3NO3. The van der Waals surface area contributed by atoms with E-state index in [1.165, 1.54) is 12.1 Å². The number of fused-ring (bicyclic) bond motifs is 1. The molecule has 0 radical (unpaired) electrons. The van der Waals surface area contributed by atoms with Crippen LogP contribution >= 0.6 is 0 Å². The highest BCUT2D eigenvalue weighted by Crippen LogP contribution is 2.30. The Bertz CT molecular complexity index is 1120. The van der Waals surface area contributed by atoms with E-state index in [1.54, 1.807) is 6.07 Å². The van der Waals surface area contributed by atoms with Crippen LogP contribution in [0, 0.1) is 0 Å². The first-order valence-corrected chi connectivity index (χ1v) is 11.2. The molecule has 0 amide bonds. The average molecular weight is 470 g/mol. The zero-order chi connectivity index (χ0) is 24.0. The third-order valence-corrected chi connectivity index (χ3v) is 5.70. The van der Waals surface area contributed by atoms with Crippen molar-refractivity contribution in [3.63, 3.8) is 0 Å². The second-order valence-electron chi connectivity index (χ2n) is 8.36. The van der Waals surface area contributed by atoms with Gasteiger partial charge in [-0.2, -0.15) is 13.2 Å². The van der Waals surface area contributed by atoms with E-state index in [1.807, 2.05) is 48.5 Å². The minimum Gasteiger partial charge on any atom is -0.494 e. The van der Waals surface area contributed by atoms with Crippen LogP contribution in [0.3, 0.4) is 0 Å². The second-order valence-corrected chi connectivity index (χ2v) is 8.36. The molecule has 0 saturated carbocycles. The molecule has 7 heteroatoms. The summed E-state index contributed by atoms with van der Waals surface area (Å²) in [6, 6.07) is 21.0. The van der Waals surface area contributed by atoms with Crippen molar-refractivity contribution in [3.05, 3.63) is 101 Å². The van der Waals surface area contributed by atoms with Crippen molar-refractivity contribution >= 4 is 5.97 Å².